The molecule has 5 nitrogen and oxygen atoms in total. The minimum absolute atomic E-state index is 0.245. The number of hydrogen-bond acceptors (Lipinski definition) is 4. The smallest absolute Gasteiger partial charge is 0.242 e. The lowest BCUT2D eigenvalue weighted by atomic mass is 10.2. The van der Waals surface area contributed by atoms with Gasteiger partial charge in [-0.25, -0.2) is 12.7 Å². The molecule has 0 aromatic heterocycles. The van der Waals surface area contributed by atoms with Crippen LogP contribution in [0.3, 0.4) is 0 Å². The van der Waals surface area contributed by atoms with E-state index < -0.39 is 10.0 Å². The van der Waals surface area contributed by atoms with E-state index in [-0.39, 0.29) is 11.4 Å². The molecule has 2 N–H and O–H groups in total. The maximum absolute atomic E-state index is 12.1. The molecule has 0 saturated carbocycles. The highest BCUT2D eigenvalue weighted by molar-refractivity contribution is 7.89. The second kappa shape index (κ2) is 6.17. The van der Waals surface area contributed by atoms with Crippen LogP contribution in [-0.4, -0.2) is 32.9 Å². The summed E-state index contributed by atoms with van der Waals surface area (Å²) in [4.78, 5) is 0.246. The summed E-state index contributed by atoms with van der Waals surface area (Å²) in [6.07, 6.45) is 0. The molecule has 0 heterocycles. The number of hydrogen-bond donors (Lipinski definition) is 1. The summed E-state index contributed by atoms with van der Waals surface area (Å²) in [5, 5.41) is 0. The van der Waals surface area contributed by atoms with Crippen molar-refractivity contribution in [3.63, 3.8) is 0 Å². The van der Waals surface area contributed by atoms with Gasteiger partial charge in [0.15, 0.2) is 0 Å². The second-order valence-corrected chi connectivity index (χ2v) is 5.87. The molecule has 0 spiro atoms. The molecule has 0 radical (unpaired) electrons. The highest BCUT2D eigenvalue weighted by atomic mass is 32.2. The molecule has 1 aromatic rings. The molecule has 0 aliphatic heterocycles. The first-order valence-corrected chi connectivity index (χ1v) is 7.33. The van der Waals surface area contributed by atoms with Gasteiger partial charge in [-0.05, 0) is 25.1 Å². The van der Waals surface area contributed by atoms with Gasteiger partial charge in [-0.15, -0.1) is 0 Å². The summed E-state index contributed by atoms with van der Waals surface area (Å²) in [6, 6.07) is 4.78. The molecule has 0 unspecified atom stereocenters. The first kappa shape index (κ1) is 14.9. The molecule has 1 rings (SSSR count). The van der Waals surface area contributed by atoms with Crippen LogP contribution in [0.1, 0.15) is 19.4 Å². The lowest BCUT2D eigenvalue weighted by Gasteiger charge is -2.16. The van der Waals surface area contributed by atoms with Crippen molar-refractivity contribution in [2.75, 3.05) is 20.2 Å². The largest absolute Gasteiger partial charge is 0.494 e. The van der Waals surface area contributed by atoms with Crippen LogP contribution in [-0.2, 0) is 16.6 Å². The van der Waals surface area contributed by atoms with Gasteiger partial charge >= 0.3 is 0 Å². The van der Waals surface area contributed by atoms with E-state index in [1.165, 1.54) is 4.31 Å². The average molecular weight is 272 g/mol. The van der Waals surface area contributed by atoms with E-state index in [0.717, 1.165) is 0 Å². The lowest BCUT2D eigenvalue weighted by molar-refractivity contribution is 0.336. The van der Waals surface area contributed by atoms with Crippen LogP contribution in [0.4, 0.5) is 0 Å². The van der Waals surface area contributed by atoms with Crippen molar-refractivity contribution in [2.45, 2.75) is 25.3 Å². The monoisotopic (exact) mass is 272 g/mol. The fourth-order valence-electron chi connectivity index (χ4n) is 1.52. The first-order chi connectivity index (χ1) is 8.47. The van der Waals surface area contributed by atoms with Crippen LogP contribution in [0.15, 0.2) is 23.1 Å². The molecular formula is C12H20N2O3S. The third kappa shape index (κ3) is 3.01. The molecule has 0 aliphatic rings. The quantitative estimate of drug-likeness (QED) is 0.844. The van der Waals surface area contributed by atoms with Gasteiger partial charge in [0.05, 0.1) is 11.5 Å². The van der Waals surface area contributed by atoms with Crippen molar-refractivity contribution < 1.29 is 13.2 Å². The summed E-state index contributed by atoms with van der Waals surface area (Å²) < 4.78 is 31.0. The third-order valence-corrected chi connectivity index (χ3v) is 4.63. The van der Waals surface area contributed by atoms with Gasteiger partial charge in [0, 0.05) is 25.7 Å². The highest BCUT2D eigenvalue weighted by Crippen LogP contribution is 2.24. The van der Waals surface area contributed by atoms with E-state index in [1.54, 1.807) is 32.2 Å². The summed E-state index contributed by atoms with van der Waals surface area (Å²) in [7, 11) is -1.88. The molecule has 0 bridgehead atoms. The van der Waals surface area contributed by atoms with Crippen LogP contribution >= 0.6 is 0 Å². The molecule has 0 fully saturated rings. The van der Waals surface area contributed by atoms with E-state index in [9.17, 15) is 8.42 Å². The topological polar surface area (TPSA) is 72.6 Å². The minimum atomic E-state index is -3.43. The van der Waals surface area contributed by atoms with Gasteiger partial charge in [-0.3, -0.25) is 0 Å². The molecule has 1 aromatic carbocycles. The van der Waals surface area contributed by atoms with E-state index >= 15 is 0 Å². The fraction of sp³-hybridized carbons (Fsp3) is 0.500. The predicted molar refractivity (Wildman–Crippen MR) is 71.0 cm³/mol. The Hall–Kier alpha value is -1.11. The Balaban J connectivity index is 3.21. The zero-order valence-electron chi connectivity index (χ0n) is 11.0. The number of nitrogens with two attached hydrogens (primary N) is 1. The van der Waals surface area contributed by atoms with Crippen molar-refractivity contribution >= 4 is 10.0 Å². The summed E-state index contributed by atoms with van der Waals surface area (Å²) in [5.74, 6) is 0.637. The van der Waals surface area contributed by atoms with Gasteiger partial charge in [-0.2, -0.15) is 0 Å². The molecule has 0 atom stereocenters. The molecule has 0 saturated heterocycles. The Morgan fingerprint density at radius 1 is 1.33 bits per heavy atom. The molecular weight excluding hydrogens is 252 g/mol. The zero-order valence-corrected chi connectivity index (χ0v) is 11.8. The number of nitrogens with zero attached hydrogens (tertiary/aromatic N) is 1. The number of sulfonamides is 1. The molecule has 6 heteroatoms. The molecule has 0 aliphatic carbocycles. The van der Waals surface area contributed by atoms with Crippen LogP contribution < -0.4 is 10.5 Å². The maximum Gasteiger partial charge on any atom is 0.242 e. The minimum Gasteiger partial charge on any atom is -0.494 e. The van der Waals surface area contributed by atoms with Crippen molar-refractivity contribution in [3.8, 4) is 5.75 Å². The first-order valence-electron chi connectivity index (χ1n) is 5.89. The van der Waals surface area contributed by atoms with Crippen molar-refractivity contribution in [1.82, 2.24) is 4.31 Å². The third-order valence-electron chi connectivity index (χ3n) is 2.71. The number of rotatable bonds is 6. The van der Waals surface area contributed by atoms with E-state index in [1.807, 2.05) is 6.92 Å². The van der Waals surface area contributed by atoms with E-state index in [0.29, 0.717) is 24.5 Å². The van der Waals surface area contributed by atoms with Gasteiger partial charge in [0.1, 0.15) is 5.75 Å². The highest BCUT2D eigenvalue weighted by Gasteiger charge is 2.20. The van der Waals surface area contributed by atoms with Gasteiger partial charge in [-0.1, -0.05) is 6.92 Å². The predicted octanol–water partition coefficient (Wildman–Crippen LogP) is 1.18. The molecule has 102 valence electrons. The number of benzene rings is 1. The normalized spacial score (nSPS) is 11.8. The van der Waals surface area contributed by atoms with Crippen LogP contribution in [0.2, 0.25) is 0 Å². The van der Waals surface area contributed by atoms with Crippen LogP contribution in [0.25, 0.3) is 0 Å². The summed E-state index contributed by atoms with van der Waals surface area (Å²) in [5.41, 5.74) is 6.31. The van der Waals surface area contributed by atoms with Crippen LogP contribution in [0.5, 0.6) is 5.75 Å². The summed E-state index contributed by atoms with van der Waals surface area (Å²) >= 11 is 0. The van der Waals surface area contributed by atoms with Crippen LogP contribution in [0, 0.1) is 0 Å². The second-order valence-electron chi connectivity index (χ2n) is 3.83. The Morgan fingerprint density at radius 3 is 2.50 bits per heavy atom. The maximum atomic E-state index is 12.1. The zero-order chi connectivity index (χ0) is 13.8. The average Bonchev–Trinajstić information content (AvgIpc) is 2.38. The molecule has 0 amide bonds. The Labute approximate surface area is 109 Å². The standard InChI is InChI=1S/C12H20N2O3S/c1-4-14(3)18(15,16)11-6-7-12(17-5-2)10(8-11)9-13/h6-8H,4-5,9,13H2,1-3H3. The molecule has 18 heavy (non-hydrogen) atoms. The Kier molecular flexibility index (Phi) is 5.13. The van der Waals surface area contributed by atoms with Gasteiger partial charge < -0.3 is 10.5 Å². The van der Waals surface area contributed by atoms with Crippen molar-refractivity contribution in [1.29, 1.82) is 0 Å². The Bertz CT molecular complexity index is 500. The van der Waals surface area contributed by atoms with Gasteiger partial charge in [0.2, 0.25) is 10.0 Å². The lowest BCUT2D eigenvalue weighted by Crippen LogP contribution is -2.26. The van der Waals surface area contributed by atoms with E-state index in [2.05, 4.69) is 0 Å². The SMILES string of the molecule is CCOc1ccc(S(=O)(=O)N(C)CC)cc1CN. The Morgan fingerprint density at radius 2 is 2.00 bits per heavy atom. The number of ether oxygens (including phenoxy) is 1. The van der Waals surface area contributed by atoms with Crippen molar-refractivity contribution in [2.24, 2.45) is 5.73 Å². The fourth-order valence-corrected chi connectivity index (χ4v) is 2.75. The van der Waals surface area contributed by atoms with Crippen molar-refractivity contribution in [3.05, 3.63) is 23.8 Å². The van der Waals surface area contributed by atoms with E-state index in [4.69, 9.17) is 10.5 Å². The summed E-state index contributed by atoms with van der Waals surface area (Å²) in [6.45, 7) is 4.85. The van der Waals surface area contributed by atoms with Gasteiger partial charge in [0.25, 0.3) is 0 Å².